The van der Waals surface area contributed by atoms with Crippen molar-refractivity contribution in [1.29, 1.82) is 0 Å². The van der Waals surface area contributed by atoms with Crippen LogP contribution in [0.2, 0.25) is 0 Å². The zero-order valence-corrected chi connectivity index (χ0v) is 38.0. The maximum Gasteiger partial charge on any atom is 0.0646 e. The second-order valence-electron chi connectivity index (χ2n) is 17.7. The van der Waals surface area contributed by atoms with E-state index in [4.69, 9.17) is 0 Å². The molecule has 318 valence electrons. The Kier molecular flexibility index (Phi) is 9.77. The molecule has 13 aromatic rings. The number of benzene rings is 12. The summed E-state index contributed by atoms with van der Waals surface area (Å²) in [6.45, 7) is 0. The Bertz CT molecular complexity index is 4000. The average Bonchev–Trinajstić information content (AvgIpc) is 3.82. The molecule has 0 radical (unpaired) electrons. The predicted octanol–water partition coefficient (Wildman–Crippen LogP) is 19.3. The number of rotatable bonds is 8. The monoisotopic (exact) mass is 881 g/mol. The molecule has 0 saturated heterocycles. The smallest absolute Gasteiger partial charge is 0.0646 e. The van der Waals surface area contributed by atoms with Gasteiger partial charge in [-0.3, -0.25) is 0 Å². The molecule has 0 N–H and O–H groups in total. The maximum atomic E-state index is 2.48. The third-order valence-electron chi connectivity index (χ3n) is 13.6. The van der Waals surface area contributed by atoms with Crippen molar-refractivity contribution < 1.29 is 0 Å². The predicted molar refractivity (Wildman–Crippen MR) is 294 cm³/mol. The van der Waals surface area contributed by atoms with Gasteiger partial charge in [-0.1, -0.05) is 212 Å². The lowest BCUT2D eigenvalue weighted by atomic mass is 9.96. The SMILES string of the molecule is c1ccc(-c2ccc(-c3cccc(N(c4ccc(-c5ccc6cc(-c7ccc8ccccc8c7)ccc6c5)cc4)c4cc5ccccc5c5c4sc4c(-c6ccccc6)cccc45)c3)cc2)cc1. The number of anilines is 3. The molecule has 0 spiro atoms. The van der Waals surface area contributed by atoms with Gasteiger partial charge in [-0.15, -0.1) is 11.3 Å². The van der Waals surface area contributed by atoms with Gasteiger partial charge in [0.2, 0.25) is 0 Å². The number of fused-ring (bicyclic) bond motifs is 7. The van der Waals surface area contributed by atoms with Crippen LogP contribution in [0.25, 0.3) is 108 Å². The van der Waals surface area contributed by atoms with Crippen molar-refractivity contribution in [3.8, 4) is 55.6 Å². The number of nitrogens with zero attached hydrogens (tertiary/aromatic N) is 1. The topological polar surface area (TPSA) is 3.24 Å². The first-order chi connectivity index (χ1) is 33.7. The first kappa shape index (κ1) is 39.8. The molecule has 0 unspecified atom stereocenters. The molecule has 2 heteroatoms. The van der Waals surface area contributed by atoms with Crippen molar-refractivity contribution in [2.24, 2.45) is 0 Å². The highest BCUT2D eigenvalue weighted by Gasteiger charge is 2.22. The van der Waals surface area contributed by atoms with Gasteiger partial charge in [0.1, 0.15) is 0 Å². The van der Waals surface area contributed by atoms with Crippen LogP contribution in [0.1, 0.15) is 0 Å². The molecule has 68 heavy (non-hydrogen) atoms. The minimum atomic E-state index is 1.10. The molecule has 1 aromatic heterocycles. The standard InChI is InChI=1S/C66H43NS/c1-3-13-44(14-4-1)46-25-27-47(28-26-46)51-20-11-21-59(42-51)67(63-43-57-19-9-10-22-60(57)64-62-24-12-23-61(65(62)68-66(63)64)49-16-5-2-6-17-49)58-37-35-48(36-38-58)52-31-32-55-41-56(34-33-54(55)40-52)53-30-29-45-15-7-8-18-50(45)39-53/h1-43H. The quantitative estimate of drug-likeness (QED) is 0.147. The van der Waals surface area contributed by atoms with Crippen molar-refractivity contribution in [3.05, 3.63) is 261 Å². The van der Waals surface area contributed by atoms with Crippen molar-refractivity contribution in [3.63, 3.8) is 0 Å². The minimum absolute atomic E-state index is 1.10. The summed E-state index contributed by atoms with van der Waals surface area (Å²) in [4.78, 5) is 2.48. The molecular formula is C66H43NS. The summed E-state index contributed by atoms with van der Waals surface area (Å²) in [5, 5.41) is 10.0. The van der Waals surface area contributed by atoms with Gasteiger partial charge in [-0.05, 0) is 136 Å². The summed E-state index contributed by atoms with van der Waals surface area (Å²) >= 11 is 1.90. The van der Waals surface area contributed by atoms with Crippen molar-refractivity contribution in [2.45, 2.75) is 0 Å². The van der Waals surface area contributed by atoms with Gasteiger partial charge in [-0.25, -0.2) is 0 Å². The van der Waals surface area contributed by atoms with Crippen LogP contribution < -0.4 is 4.90 Å². The van der Waals surface area contributed by atoms with Crippen LogP contribution in [0.4, 0.5) is 17.1 Å². The Morgan fingerprint density at radius 1 is 0.250 bits per heavy atom. The fourth-order valence-corrected chi connectivity index (χ4v) is 11.5. The summed E-state index contributed by atoms with van der Waals surface area (Å²) in [6.07, 6.45) is 0. The molecule has 0 atom stereocenters. The Hall–Kier alpha value is -8.56. The van der Waals surface area contributed by atoms with Crippen molar-refractivity contribution in [2.75, 3.05) is 4.90 Å². The van der Waals surface area contributed by atoms with E-state index in [2.05, 4.69) is 266 Å². The second kappa shape index (κ2) is 16.7. The van der Waals surface area contributed by atoms with E-state index < -0.39 is 0 Å². The van der Waals surface area contributed by atoms with Crippen LogP contribution >= 0.6 is 11.3 Å². The largest absolute Gasteiger partial charge is 0.309 e. The van der Waals surface area contributed by atoms with Crippen LogP contribution in [-0.4, -0.2) is 0 Å². The highest BCUT2D eigenvalue weighted by Crippen LogP contribution is 2.50. The molecule has 1 heterocycles. The molecule has 0 aliphatic heterocycles. The van der Waals surface area contributed by atoms with Crippen molar-refractivity contribution >= 4 is 80.9 Å². The van der Waals surface area contributed by atoms with E-state index in [0.29, 0.717) is 0 Å². The lowest BCUT2D eigenvalue weighted by molar-refractivity contribution is 1.30. The highest BCUT2D eigenvalue weighted by molar-refractivity contribution is 7.27. The third kappa shape index (κ3) is 7.11. The minimum Gasteiger partial charge on any atom is -0.309 e. The fraction of sp³-hybridized carbons (Fsp3) is 0. The first-order valence-corrected chi connectivity index (χ1v) is 24.1. The van der Waals surface area contributed by atoms with Gasteiger partial charge in [0.15, 0.2) is 0 Å². The molecule has 13 rings (SSSR count). The molecular weight excluding hydrogens is 839 g/mol. The molecule has 0 aliphatic rings. The van der Waals surface area contributed by atoms with Gasteiger partial charge in [-0.2, -0.15) is 0 Å². The van der Waals surface area contributed by atoms with E-state index in [0.717, 1.165) is 17.1 Å². The van der Waals surface area contributed by atoms with E-state index in [-0.39, 0.29) is 0 Å². The molecule has 0 aliphatic carbocycles. The van der Waals surface area contributed by atoms with Gasteiger partial charge in [0.05, 0.1) is 10.4 Å². The van der Waals surface area contributed by atoms with Gasteiger partial charge in [0.25, 0.3) is 0 Å². The summed E-state index contributed by atoms with van der Waals surface area (Å²) in [7, 11) is 0. The third-order valence-corrected chi connectivity index (χ3v) is 14.9. The molecule has 0 bridgehead atoms. The maximum absolute atomic E-state index is 2.48. The Labute approximate surface area is 400 Å². The molecule has 12 aromatic carbocycles. The molecule has 0 fully saturated rings. The summed E-state index contributed by atoms with van der Waals surface area (Å²) in [6, 6.07) is 95.7. The van der Waals surface area contributed by atoms with Crippen molar-refractivity contribution in [1.82, 2.24) is 0 Å². The fourth-order valence-electron chi connectivity index (χ4n) is 10.2. The van der Waals surface area contributed by atoms with Gasteiger partial charge < -0.3 is 4.90 Å². The number of hydrogen-bond acceptors (Lipinski definition) is 2. The van der Waals surface area contributed by atoms with Crippen LogP contribution in [0.3, 0.4) is 0 Å². The van der Waals surface area contributed by atoms with Crippen LogP contribution in [-0.2, 0) is 0 Å². The average molecular weight is 882 g/mol. The summed E-state index contributed by atoms with van der Waals surface area (Å²) in [5.74, 6) is 0. The normalized spacial score (nSPS) is 11.5. The van der Waals surface area contributed by atoms with E-state index in [1.54, 1.807) is 0 Å². The van der Waals surface area contributed by atoms with E-state index in [1.165, 1.54) is 108 Å². The second-order valence-corrected chi connectivity index (χ2v) is 18.7. The summed E-state index contributed by atoms with van der Waals surface area (Å²) in [5.41, 5.74) is 15.5. The zero-order chi connectivity index (χ0) is 45.0. The van der Waals surface area contributed by atoms with E-state index >= 15 is 0 Å². The van der Waals surface area contributed by atoms with Gasteiger partial charge >= 0.3 is 0 Å². The Morgan fingerprint density at radius 2 is 0.706 bits per heavy atom. The molecule has 1 nitrogen and oxygen atoms in total. The van der Waals surface area contributed by atoms with Crippen LogP contribution in [0.15, 0.2) is 261 Å². The first-order valence-electron chi connectivity index (χ1n) is 23.3. The molecule has 0 saturated carbocycles. The van der Waals surface area contributed by atoms with Crippen LogP contribution in [0.5, 0.6) is 0 Å². The number of thiophene rings is 1. The number of hydrogen-bond donors (Lipinski definition) is 0. The van der Waals surface area contributed by atoms with Gasteiger partial charge in [0, 0.05) is 26.8 Å². The van der Waals surface area contributed by atoms with Crippen LogP contribution in [0, 0.1) is 0 Å². The van der Waals surface area contributed by atoms with E-state index in [1.807, 2.05) is 11.3 Å². The summed E-state index contributed by atoms with van der Waals surface area (Å²) < 4.78 is 2.57. The Balaban J connectivity index is 0.942. The lowest BCUT2D eigenvalue weighted by Crippen LogP contribution is -2.10. The lowest BCUT2D eigenvalue weighted by Gasteiger charge is -2.27. The molecule has 0 amide bonds. The Morgan fingerprint density at radius 3 is 1.40 bits per heavy atom. The zero-order valence-electron chi connectivity index (χ0n) is 37.2. The van der Waals surface area contributed by atoms with E-state index in [9.17, 15) is 0 Å². The highest BCUT2D eigenvalue weighted by atomic mass is 32.1.